The number of ether oxygens (including phenoxy) is 2. The average molecular weight is 434 g/mol. The van der Waals surface area contributed by atoms with E-state index in [1.807, 2.05) is 30.3 Å². The van der Waals surface area contributed by atoms with E-state index in [0.717, 1.165) is 40.6 Å². The van der Waals surface area contributed by atoms with E-state index in [2.05, 4.69) is 15.3 Å². The quantitative estimate of drug-likeness (QED) is 0.586. The molecule has 6 nitrogen and oxygen atoms in total. The number of hydrogen-bond donors (Lipinski definition) is 1. The highest BCUT2D eigenvalue weighted by atomic mass is 16.5. The van der Waals surface area contributed by atoms with E-state index in [9.17, 15) is 4.79 Å². The Bertz CT molecular complexity index is 1060. The molecule has 2 heterocycles. The lowest BCUT2D eigenvalue weighted by Gasteiger charge is -2.21. The van der Waals surface area contributed by atoms with Gasteiger partial charge in [-0.25, -0.2) is 0 Å². The van der Waals surface area contributed by atoms with Gasteiger partial charge in [0.1, 0.15) is 0 Å². The summed E-state index contributed by atoms with van der Waals surface area (Å²) in [6.07, 6.45) is 12.4. The summed E-state index contributed by atoms with van der Waals surface area (Å²) in [6.45, 7) is 0. The van der Waals surface area contributed by atoms with E-state index < -0.39 is 0 Å². The summed E-state index contributed by atoms with van der Waals surface area (Å²) >= 11 is 0. The lowest BCUT2D eigenvalue weighted by Crippen LogP contribution is -2.36. The minimum atomic E-state index is 0.0820. The van der Waals surface area contributed by atoms with Crippen molar-refractivity contribution in [3.8, 4) is 22.8 Å². The molecule has 6 heteroatoms. The molecule has 0 saturated heterocycles. The first-order valence-corrected chi connectivity index (χ1v) is 11.4. The fourth-order valence-electron chi connectivity index (χ4n) is 4.36. The van der Waals surface area contributed by atoms with Crippen molar-refractivity contribution in [1.29, 1.82) is 0 Å². The van der Waals surface area contributed by atoms with Crippen LogP contribution in [0.15, 0.2) is 42.7 Å². The molecule has 1 N–H and O–H groups in total. The van der Waals surface area contributed by atoms with E-state index in [-0.39, 0.29) is 5.91 Å². The number of carbonyl (C=O) groups is 1. The first-order chi connectivity index (χ1) is 15.7. The maximum Gasteiger partial charge on any atom is 0.224 e. The molecule has 4 rings (SSSR count). The van der Waals surface area contributed by atoms with Crippen LogP contribution in [0.2, 0.25) is 0 Å². The lowest BCUT2D eigenvalue weighted by molar-refractivity contribution is -0.121. The number of amides is 1. The highest BCUT2D eigenvalue weighted by Gasteiger charge is 2.15. The molecule has 2 aromatic heterocycles. The summed E-state index contributed by atoms with van der Waals surface area (Å²) in [5.74, 6) is 1.40. The standard InChI is InChI=1S/C26H31N3O3/c1-31-24-14-19-13-20(17-28-23(19)15-25(24)32-2)22-11-10-18(16-27-22)12-26(30)29-21-8-6-4-3-5-7-9-21/h10-11,13-17,21H,3-9,12H2,1-2H3,(H,29,30). The molecule has 1 aliphatic carbocycles. The number of benzene rings is 1. The number of rotatable bonds is 6. The second-order valence-electron chi connectivity index (χ2n) is 8.46. The van der Waals surface area contributed by atoms with Crippen molar-refractivity contribution in [1.82, 2.24) is 15.3 Å². The Morgan fingerprint density at radius 2 is 1.66 bits per heavy atom. The number of carbonyl (C=O) groups excluding carboxylic acids is 1. The van der Waals surface area contributed by atoms with Gasteiger partial charge in [0.05, 0.1) is 31.9 Å². The fourth-order valence-corrected chi connectivity index (χ4v) is 4.36. The van der Waals surface area contributed by atoms with Gasteiger partial charge in [0.2, 0.25) is 5.91 Å². The van der Waals surface area contributed by atoms with Crippen LogP contribution < -0.4 is 14.8 Å². The van der Waals surface area contributed by atoms with Crippen molar-refractivity contribution < 1.29 is 14.3 Å². The highest BCUT2D eigenvalue weighted by Crippen LogP contribution is 2.32. The first-order valence-electron chi connectivity index (χ1n) is 11.4. The van der Waals surface area contributed by atoms with Gasteiger partial charge < -0.3 is 14.8 Å². The maximum atomic E-state index is 12.5. The largest absolute Gasteiger partial charge is 0.493 e. The van der Waals surface area contributed by atoms with Crippen molar-refractivity contribution in [3.63, 3.8) is 0 Å². The van der Waals surface area contributed by atoms with Crippen LogP contribution in [-0.2, 0) is 11.2 Å². The van der Waals surface area contributed by atoms with Crippen LogP contribution in [-0.4, -0.2) is 36.1 Å². The minimum Gasteiger partial charge on any atom is -0.493 e. The van der Waals surface area contributed by atoms with Crippen LogP contribution >= 0.6 is 0 Å². The van der Waals surface area contributed by atoms with E-state index in [4.69, 9.17) is 9.47 Å². The van der Waals surface area contributed by atoms with Gasteiger partial charge in [0.15, 0.2) is 11.5 Å². The Balaban J connectivity index is 1.43. The molecule has 0 spiro atoms. The third-order valence-corrected chi connectivity index (χ3v) is 6.14. The summed E-state index contributed by atoms with van der Waals surface area (Å²) < 4.78 is 10.8. The van der Waals surface area contributed by atoms with E-state index in [1.165, 1.54) is 32.1 Å². The lowest BCUT2D eigenvalue weighted by atomic mass is 9.96. The zero-order valence-electron chi connectivity index (χ0n) is 18.9. The topological polar surface area (TPSA) is 73.3 Å². The number of pyridine rings is 2. The molecule has 1 aromatic carbocycles. The molecule has 0 aliphatic heterocycles. The van der Waals surface area contributed by atoms with Crippen LogP contribution in [0.25, 0.3) is 22.2 Å². The molecule has 1 saturated carbocycles. The number of fused-ring (bicyclic) bond motifs is 1. The predicted octanol–water partition coefficient (Wildman–Crippen LogP) is 5.09. The molecule has 1 fully saturated rings. The molecule has 3 aromatic rings. The minimum absolute atomic E-state index is 0.0820. The van der Waals surface area contributed by atoms with Crippen LogP contribution in [0.3, 0.4) is 0 Å². The van der Waals surface area contributed by atoms with Crippen molar-refractivity contribution in [2.45, 2.75) is 57.4 Å². The van der Waals surface area contributed by atoms with Crippen LogP contribution in [0.1, 0.15) is 50.5 Å². The SMILES string of the molecule is COc1cc2cc(-c3ccc(CC(=O)NC4CCCCCCC4)cn3)cnc2cc1OC. The molecule has 0 unspecified atom stereocenters. The van der Waals surface area contributed by atoms with Crippen LogP contribution in [0.5, 0.6) is 11.5 Å². The summed E-state index contributed by atoms with van der Waals surface area (Å²) in [5, 5.41) is 4.17. The summed E-state index contributed by atoms with van der Waals surface area (Å²) in [5.41, 5.74) is 3.47. The molecular formula is C26H31N3O3. The molecule has 1 aliphatic rings. The normalized spacial score (nSPS) is 15.1. The third-order valence-electron chi connectivity index (χ3n) is 6.14. The summed E-state index contributed by atoms with van der Waals surface area (Å²) in [6, 6.07) is 10.0. The van der Waals surface area contributed by atoms with Crippen LogP contribution in [0, 0.1) is 0 Å². The zero-order valence-corrected chi connectivity index (χ0v) is 18.9. The number of aromatic nitrogens is 2. The van der Waals surface area contributed by atoms with Gasteiger partial charge in [-0.15, -0.1) is 0 Å². The Morgan fingerprint density at radius 1 is 0.938 bits per heavy atom. The van der Waals surface area contributed by atoms with E-state index in [1.54, 1.807) is 26.6 Å². The second-order valence-corrected chi connectivity index (χ2v) is 8.46. The van der Waals surface area contributed by atoms with Crippen molar-refractivity contribution in [2.75, 3.05) is 14.2 Å². The maximum absolute atomic E-state index is 12.5. The number of hydrogen-bond acceptors (Lipinski definition) is 5. The highest BCUT2D eigenvalue weighted by molar-refractivity contribution is 5.86. The van der Waals surface area contributed by atoms with Gasteiger partial charge in [-0.05, 0) is 36.6 Å². The van der Waals surface area contributed by atoms with Crippen LogP contribution in [0.4, 0.5) is 0 Å². The predicted molar refractivity (Wildman–Crippen MR) is 126 cm³/mol. The smallest absolute Gasteiger partial charge is 0.224 e. The molecule has 1 amide bonds. The van der Waals surface area contributed by atoms with Gasteiger partial charge >= 0.3 is 0 Å². The molecule has 168 valence electrons. The Kier molecular flexibility index (Phi) is 7.20. The monoisotopic (exact) mass is 433 g/mol. The van der Waals surface area contributed by atoms with E-state index >= 15 is 0 Å². The van der Waals surface area contributed by atoms with Gasteiger partial charge in [0.25, 0.3) is 0 Å². The first kappa shape index (κ1) is 22.1. The molecule has 32 heavy (non-hydrogen) atoms. The molecule has 0 atom stereocenters. The van der Waals surface area contributed by atoms with Crippen molar-refractivity contribution in [3.05, 3.63) is 48.3 Å². The second kappa shape index (κ2) is 10.4. The number of nitrogens with zero attached hydrogens (tertiary/aromatic N) is 2. The van der Waals surface area contributed by atoms with Gasteiger partial charge in [-0.3, -0.25) is 14.8 Å². The third kappa shape index (κ3) is 5.36. The van der Waals surface area contributed by atoms with Crippen molar-refractivity contribution >= 4 is 16.8 Å². The zero-order chi connectivity index (χ0) is 22.3. The Hall–Kier alpha value is -3.15. The molecule has 0 radical (unpaired) electrons. The van der Waals surface area contributed by atoms with Gasteiger partial charge in [-0.1, -0.05) is 38.2 Å². The summed E-state index contributed by atoms with van der Waals surface area (Å²) in [4.78, 5) is 21.7. The number of methoxy groups -OCH3 is 2. The van der Waals surface area contributed by atoms with Gasteiger partial charge in [-0.2, -0.15) is 0 Å². The van der Waals surface area contributed by atoms with Crippen molar-refractivity contribution in [2.24, 2.45) is 0 Å². The molecular weight excluding hydrogens is 402 g/mol. The Morgan fingerprint density at radius 3 is 2.34 bits per heavy atom. The van der Waals surface area contributed by atoms with E-state index in [0.29, 0.717) is 24.0 Å². The fraction of sp³-hybridized carbons (Fsp3) is 0.423. The Labute approximate surface area is 189 Å². The average Bonchev–Trinajstić information content (AvgIpc) is 2.80. The molecule has 0 bridgehead atoms. The van der Waals surface area contributed by atoms with Gasteiger partial charge in [0, 0.05) is 35.5 Å². The number of nitrogens with one attached hydrogen (secondary N) is 1. The summed E-state index contributed by atoms with van der Waals surface area (Å²) in [7, 11) is 3.23.